The molecule has 0 saturated carbocycles. The number of nitrogens with zero attached hydrogens (tertiary/aromatic N) is 4. The average Bonchev–Trinajstić information content (AvgIpc) is 3.58. The zero-order chi connectivity index (χ0) is 31.3. The van der Waals surface area contributed by atoms with Gasteiger partial charge in [0.2, 0.25) is 0 Å². The summed E-state index contributed by atoms with van der Waals surface area (Å²) in [6.45, 7) is 5.57. The van der Waals surface area contributed by atoms with Gasteiger partial charge in [-0.3, -0.25) is 19.6 Å². The van der Waals surface area contributed by atoms with Crippen LogP contribution in [-0.2, 0) is 27.4 Å². The fraction of sp³-hybridized carbons (Fsp3) is 0.194. The Morgan fingerprint density at radius 2 is 1.22 bits per heavy atom. The van der Waals surface area contributed by atoms with Gasteiger partial charge in [-0.1, -0.05) is 36.4 Å². The quantitative estimate of drug-likeness (QED) is 0.239. The highest BCUT2D eigenvalue weighted by Gasteiger charge is 2.20. The Balaban J connectivity index is 0.000000160. The summed E-state index contributed by atoms with van der Waals surface area (Å²) in [6.07, 6.45) is 3.81. The van der Waals surface area contributed by atoms with E-state index in [0.29, 0.717) is 19.8 Å². The van der Waals surface area contributed by atoms with E-state index >= 15 is 0 Å². The number of hydrogen-bond acceptors (Lipinski definition) is 7. The van der Waals surface area contributed by atoms with E-state index < -0.39 is 0 Å². The topological polar surface area (TPSA) is 105 Å². The molecule has 9 heteroatoms. The van der Waals surface area contributed by atoms with E-state index in [1.54, 1.807) is 29.1 Å². The summed E-state index contributed by atoms with van der Waals surface area (Å²) in [5.41, 5.74) is 6.69. The minimum absolute atomic E-state index is 0.0568. The minimum Gasteiger partial charge on any atom is -0.348 e. The van der Waals surface area contributed by atoms with Crippen molar-refractivity contribution in [1.82, 2.24) is 19.1 Å². The normalized spacial score (nSPS) is 13.1. The number of aryl methyl sites for hydroxylation is 2. The van der Waals surface area contributed by atoms with E-state index in [4.69, 9.17) is 9.47 Å². The number of aromatic nitrogens is 4. The van der Waals surface area contributed by atoms with Gasteiger partial charge in [-0.15, -0.1) is 0 Å². The van der Waals surface area contributed by atoms with Crippen molar-refractivity contribution < 1.29 is 14.3 Å². The SMILES string of the molecule is Cc1ccc2c(-c3ccccn3)cc(=O)n(CC3OCCO3)c2c1.Cc1ccc2c(-c3ccccn3)cc(=O)n(CC=O)c2c1. The molecular formula is C36H32N4O5. The lowest BCUT2D eigenvalue weighted by Gasteiger charge is -2.16. The summed E-state index contributed by atoms with van der Waals surface area (Å²) in [7, 11) is 0. The largest absolute Gasteiger partial charge is 0.348 e. The van der Waals surface area contributed by atoms with Crippen LogP contribution in [0.2, 0.25) is 0 Å². The van der Waals surface area contributed by atoms with Crippen LogP contribution in [0.25, 0.3) is 44.3 Å². The molecule has 7 rings (SSSR count). The Bertz CT molecular complexity index is 2100. The van der Waals surface area contributed by atoms with Crippen LogP contribution < -0.4 is 11.1 Å². The molecule has 0 N–H and O–H groups in total. The van der Waals surface area contributed by atoms with Gasteiger partial charge in [0, 0.05) is 46.4 Å². The molecule has 1 aliphatic rings. The molecule has 1 fully saturated rings. The Morgan fingerprint density at radius 1 is 0.711 bits per heavy atom. The van der Waals surface area contributed by atoms with Crippen LogP contribution in [0.15, 0.2) is 107 Å². The third-order valence-corrected chi connectivity index (χ3v) is 7.70. The van der Waals surface area contributed by atoms with E-state index in [-0.39, 0.29) is 24.0 Å². The Hall–Kier alpha value is -5.25. The van der Waals surface area contributed by atoms with Gasteiger partial charge >= 0.3 is 0 Å². The summed E-state index contributed by atoms with van der Waals surface area (Å²) in [4.78, 5) is 44.6. The molecule has 5 heterocycles. The van der Waals surface area contributed by atoms with Crippen molar-refractivity contribution >= 4 is 28.1 Å². The van der Waals surface area contributed by atoms with Gasteiger partial charge in [0.05, 0.1) is 48.7 Å². The first-order valence-corrected chi connectivity index (χ1v) is 14.7. The molecule has 226 valence electrons. The molecule has 0 unspecified atom stereocenters. The summed E-state index contributed by atoms with van der Waals surface area (Å²) in [5.74, 6) is 0. The summed E-state index contributed by atoms with van der Waals surface area (Å²) in [5, 5.41) is 1.91. The fourth-order valence-electron chi connectivity index (χ4n) is 5.56. The Labute approximate surface area is 259 Å². The lowest BCUT2D eigenvalue weighted by molar-refractivity contribution is -0.108. The van der Waals surface area contributed by atoms with E-state index in [1.807, 2.05) is 86.6 Å². The van der Waals surface area contributed by atoms with Crippen molar-refractivity contribution in [3.05, 3.63) is 129 Å². The second kappa shape index (κ2) is 13.2. The molecule has 6 aromatic rings. The zero-order valence-electron chi connectivity index (χ0n) is 25.1. The third-order valence-electron chi connectivity index (χ3n) is 7.70. The highest BCUT2D eigenvalue weighted by molar-refractivity contribution is 5.95. The molecule has 1 aliphatic heterocycles. The minimum atomic E-state index is -0.368. The number of carbonyl (C=O) groups is 1. The summed E-state index contributed by atoms with van der Waals surface area (Å²) < 4.78 is 14.2. The van der Waals surface area contributed by atoms with E-state index in [0.717, 1.165) is 61.7 Å². The number of benzene rings is 2. The number of pyridine rings is 4. The molecule has 4 aromatic heterocycles. The predicted molar refractivity (Wildman–Crippen MR) is 174 cm³/mol. The van der Waals surface area contributed by atoms with E-state index in [1.165, 1.54) is 4.57 Å². The number of carbonyl (C=O) groups excluding carboxylic acids is 1. The summed E-state index contributed by atoms with van der Waals surface area (Å²) >= 11 is 0. The lowest BCUT2D eigenvalue weighted by atomic mass is 10.0. The molecule has 0 aliphatic carbocycles. The van der Waals surface area contributed by atoms with Crippen LogP contribution in [0.5, 0.6) is 0 Å². The van der Waals surface area contributed by atoms with Gasteiger partial charge in [-0.05, 0) is 61.4 Å². The van der Waals surface area contributed by atoms with Gasteiger partial charge in [0.15, 0.2) is 6.29 Å². The van der Waals surface area contributed by atoms with Crippen LogP contribution in [0.3, 0.4) is 0 Å². The van der Waals surface area contributed by atoms with Crippen LogP contribution >= 0.6 is 0 Å². The maximum atomic E-state index is 12.8. The third kappa shape index (κ3) is 6.35. The van der Waals surface area contributed by atoms with Crippen molar-refractivity contribution in [3.63, 3.8) is 0 Å². The van der Waals surface area contributed by atoms with Crippen LogP contribution in [0.4, 0.5) is 0 Å². The smallest absolute Gasteiger partial charge is 0.252 e. The summed E-state index contributed by atoms with van der Waals surface area (Å²) in [6, 6.07) is 26.5. The van der Waals surface area contributed by atoms with Gasteiger partial charge in [0.25, 0.3) is 11.1 Å². The number of ether oxygens (including phenoxy) is 2. The first-order valence-electron chi connectivity index (χ1n) is 14.7. The first kappa shape index (κ1) is 29.8. The predicted octanol–water partition coefficient (Wildman–Crippen LogP) is 5.32. The maximum Gasteiger partial charge on any atom is 0.252 e. The molecule has 0 bridgehead atoms. The number of rotatable bonds is 6. The highest BCUT2D eigenvalue weighted by Crippen LogP contribution is 2.28. The van der Waals surface area contributed by atoms with Crippen molar-refractivity contribution in [2.24, 2.45) is 0 Å². The standard InChI is InChI=1S/C19H18N2O3.C17H14N2O2/c1-13-5-6-14-15(16-4-2-3-7-20-16)11-18(22)21(17(14)10-13)12-19-23-8-9-24-19;1-12-5-6-13-14(15-4-2-3-7-18-15)11-17(21)19(8-9-20)16(13)10-12/h2-7,10-11,19H,8-9,12H2,1H3;2-7,9-11H,8H2,1H3. The molecule has 0 spiro atoms. The second-order valence-corrected chi connectivity index (χ2v) is 10.8. The van der Waals surface area contributed by atoms with Crippen molar-refractivity contribution in [2.45, 2.75) is 33.2 Å². The first-order chi connectivity index (χ1) is 21.9. The molecule has 0 atom stereocenters. The molecule has 0 amide bonds. The average molecular weight is 601 g/mol. The van der Waals surface area contributed by atoms with Crippen LogP contribution in [0, 0.1) is 13.8 Å². The van der Waals surface area contributed by atoms with Gasteiger partial charge in [-0.25, -0.2) is 0 Å². The van der Waals surface area contributed by atoms with E-state index in [9.17, 15) is 14.4 Å². The van der Waals surface area contributed by atoms with Crippen molar-refractivity contribution in [1.29, 1.82) is 0 Å². The molecular weight excluding hydrogens is 568 g/mol. The molecule has 45 heavy (non-hydrogen) atoms. The molecule has 2 aromatic carbocycles. The fourth-order valence-corrected chi connectivity index (χ4v) is 5.56. The Morgan fingerprint density at radius 3 is 1.71 bits per heavy atom. The van der Waals surface area contributed by atoms with E-state index in [2.05, 4.69) is 9.97 Å². The molecule has 0 radical (unpaired) electrons. The monoisotopic (exact) mass is 600 g/mol. The van der Waals surface area contributed by atoms with Crippen LogP contribution in [0.1, 0.15) is 11.1 Å². The number of hydrogen-bond donors (Lipinski definition) is 0. The lowest BCUT2D eigenvalue weighted by Crippen LogP contribution is -2.27. The second-order valence-electron chi connectivity index (χ2n) is 10.8. The number of fused-ring (bicyclic) bond motifs is 2. The maximum absolute atomic E-state index is 12.8. The van der Waals surface area contributed by atoms with Crippen molar-refractivity contribution in [2.75, 3.05) is 13.2 Å². The van der Waals surface area contributed by atoms with Gasteiger partial charge in [0.1, 0.15) is 6.29 Å². The van der Waals surface area contributed by atoms with Crippen molar-refractivity contribution in [3.8, 4) is 22.5 Å². The molecule has 9 nitrogen and oxygen atoms in total. The van der Waals surface area contributed by atoms with Gasteiger partial charge < -0.3 is 23.4 Å². The van der Waals surface area contributed by atoms with Gasteiger partial charge in [-0.2, -0.15) is 0 Å². The zero-order valence-corrected chi connectivity index (χ0v) is 25.1. The van der Waals surface area contributed by atoms with Crippen LogP contribution in [-0.4, -0.2) is 44.9 Å². The molecule has 1 saturated heterocycles. The highest BCUT2D eigenvalue weighted by atomic mass is 16.7. The number of aldehydes is 1. The Kier molecular flexibility index (Phi) is 8.72.